The van der Waals surface area contributed by atoms with Crippen LogP contribution in [0.2, 0.25) is 0 Å². The number of rotatable bonds is 2. The summed E-state index contributed by atoms with van der Waals surface area (Å²) in [5.41, 5.74) is 1.18. The van der Waals surface area contributed by atoms with E-state index in [1.807, 2.05) is 0 Å². The highest BCUT2D eigenvalue weighted by atomic mass is 32.1. The van der Waals surface area contributed by atoms with Crippen LogP contribution in [0.3, 0.4) is 0 Å². The molecule has 1 aromatic rings. The summed E-state index contributed by atoms with van der Waals surface area (Å²) in [6.45, 7) is 2.06. The second-order valence-electron chi connectivity index (χ2n) is 3.03. The van der Waals surface area contributed by atoms with Gasteiger partial charge in [-0.15, -0.1) is 11.3 Å². The summed E-state index contributed by atoms with van der Waals surface area (Å²) in [4.78, 5) is 4.41. The highest BCUT2D eigenvalue weighted by molar-refractivity contribution is 7.09. The Morgan fingerprint density at radius 2 is 2.50 bits per heavy atom. The van der Waals surface area contributed by atoms with Gasteiger partial charge in [0.25, 0.3) is 0 Å². The first-order valence-corrected chi connectivity index (χ1v) is 4.63. The SMILES string of the molecule is Cc1csc(CC2CC2)n1. The molecule has 2 rings (SSSR count). The largest absolute Gasteiger partial charge is 0.247 e. The van der Waals surface area contributed by atoms with E-state index in [1.54, 1.807) is 11.3 Å². The van der Waals surface area contributed by atoms with Crippen LogP contribution >= 0.6 is 11.3 Å². The van der Waals surface area contributed by atoms with E-state index < -0.39 is 0 Å². The standard InChI is InChI=1S/C8H11NS/c1-6-5-10-8(9-6)4-7-2-3-7/h5,7H,2-4H2,1H3. The molecule has 1 aliphatic rings. The molecule has 0 unspecified atom stereocenters. The van der Waals surface area contributed by atoms with Crippen molar-refractivity contribution in [1.82, 2.24) is 4.98 Å². The van der Waals surface area contributed by atoms with Crippen molar-refractivity contribution in [3.63, 3.8) is 0 Å². The molecule has 0 amide bonds. The molecule has 10 heavy (non-hydrogen) atoms. The summed E-state index contributed by atoms with van der Waals surface area (Å²) in [5.74, 6) is 0.977. The number of nitrogens with zero attached hydrogens (tertiary/aromatic N) is 1. The van der Waals surface area contributed by atoms with E-state index in [9.17, 15) is 0 Å². The molecule has 0 aromatic carbocycles. The minimum atomic E-state index is 0.977. The molecular weight excluding hydrogens is 142 g/mol. The molecule has 0 saturated heterocycles. The number of hydrogen-bond acceptors (Lipinski definition) is 2. The van der Waals surface area contributed by atoms with Crippen molar-refractivity contribution in [3.05, 3.63) is 16.1 Å². The third-order valence-corrected chi connectivity index (χ3v) is 2.82. The molecule has 1 heterocycles. The molecule has 0 spiro atoms. The Bertz CT molecular complexity index is 225. The van der Waals surface area contributed by atoms with Gasteiger partial charge in [0.1, 0.15) is 0 Å². The van der Waals surface area contributed by atoms with E-state index in [4.69, 9.17) is 0 Å². The average molecular weight is 153 g/mol. The van der Waals surface area contributed by atoms with Gasteiger partial charge >= 0.3 is 0 Å². The van der Waals surface area contributed by atoms with Crippen molar-refractivity contribution in [1.29, 1.82) is 0 Å². The van der Waals surface area contributed by atoms with Crippen LogP contribution in [0.4, 0.5) is 0 Å². The summed E-state index contributed by atoms with van der Waals surface area (Å²) in [6, 6.07) is 0. The predicted octanol–water partition coefficient (Wildman–Crippen LogP) is 2.40. The number of aryl methyl sites for hydroxylation is 1. The molecule has 1 saturated carbocycles. The van der Waals surface area contributed by atoms with Gasteiger partial charge in [0.05, 0.1) is 5.01 Å². The Balaban J connectivity index is 2.03. The smallest absolute Gasteiger partial charge is 0.0930 e. The number of hydrogen-bond donors (Lipinski definition) is 0. The molecule has 1 aromatic heterocycles. The van der Waals surface area contributed by atoms with Crippen LogP contribution in [0.15, 0.2) is 5.38 Å². The summed E-state index contributed by atoms with van der Waals surface area (Å²) in [6.07, 6.45) is 4.09. The molecule has 2 heteroatoms. The highest BCUT2D eigenvalue weighted by Gasteiger charge is 2.22. The normalized spacial score (nSPS) is 17.7. The zero-order valence-electron chi connectivity index (χ0n) is 6.13. The lowest BCUT2D eigenvalue weighted by Crippen LogP contribution is -1.84. The van der Waals surface area contributed by atoms with Crippen molar-refractivity contribution >= 4 is 11.3 Å². The topological polar surface area (TPSA) is 12.9 Å². The van der Waals surface area contributed by atoms with Crippen molar-refractivity contribution in [2.24, 2.45) is 5.92 Å². The van der Waals surface area contributed by atoms with Crippen LogP contribution < -0.4 is 0 Å². The van der Waals surface area contributed by atoms with Crippen LogP contribution in [0.5, 0.6) is 0 Å². The Hall–Kier alpha value is -0.370. The lowest BCUT2D eigenvalue weighted by atomic mass is 10.3. The molecule has 54 valence electrons. The van der Waals surface area contributed by atoms with Gasteiger partial charge in [-0.05, 0) is 25.7 Å². The monoisotopic (exact) mass is 153 g/mol. The van der Waals surface area contributed by atoms with E-state index >= 15 is 0 Å². The van der Waals surface area contributed by atoms with Crippen molar-refractivity contribution in [2.45, 2.75) is 26.2 Å². The Morgan fingerprint density at radius 3 is 3.00 bits per heavy atom. The summed E-state index contributed by atoms with van der Waals surface area (Å²) >= 11 is 1.81. The van der Waals surface area contributed by atoms with Crippen molar-refractivity contribution in [3.8, 4) is 0 Å². The van der Waals surface area contributed by atoms with Crippen LogP contribution in [-0.4, -0.2) is 4.98 Å². The zero-order chi connectivity index (χ0) is 6.97. The summed E-state index contributed by atoms with van der Waals surface area (Å²) < 4.78 is 0. The second-order valence-corrected chi connectivity index (χ2v) is 3.97. The number of thiazole rings is 1. The average Bonchev–Trinajstić information content (AvgIpc) is 2.59. The molecule has 0 radical (unpaired) electrons. The molecule has 1 nitrogen and oxygen atoms in total. The predicted molar refractivity (Wildman–Crippen MR) is 43.3 cm³/mol. The quantitative estimate of drug-likeness (QED) is 0.635. The van der Waals surface area contributed by atoms with Crippen LogP contribution in [0.1, 0.15) is 23.5 Å². The highest BCUT2D eigenvalue weighted by Crippen LogP contribution is 2.33. The fourth-order valence-electron chi connectivity index (χ4n) is 1.07. The third-order valence-electron chi connectivity index (χ3n) is 1.83. The van der Waals surface area contributed by atoms with Crippen LogP contribution in [-0.2, 0) is 6.42 Å². The maximum Gasteiger partial charge on any atom is 0.0930 e. The molecular formula is C8H11NS. The molecule has 0 aliphatic heterocycles. The first kappa shape index (κ1) is 6.35. The van der Waals surface area contributed by atoms with Crippen molar-refractivity contribution in [2.75, 3.05) is 0 Å². The Morgan fingerprint density at radius 1 is 1.70 bits per heavy atom. The first-order chi connectivity index (χ1) is 4.84. The van der Waals surface area contributed by atoms with E-state index in [2.05, 4.69) is 17.3 Å². The van der Waals surface area contributed by atoms with E-state index in [1.165, 1.54) is 30.0 Å². The Kier molecular flexibility index (Phi) is 1.49. The van der Waals surface area contributed by atoms with E-state index in [0.29, 0.717) is 0 Å². The number of aromatic nitrogens is 1. The molecule has 0 atom stereocenters. The maximum absolute atomic E-state index is 4.41. The van der Waals surface area contributed by atoms with Crippen molar-refractivity contribution < 1.29 is 0 Å². The zero-order valence-corrected chi connectivity index (χ0v) is 6.95. The maximum atomic E-state index is 4.41. The van der Waals surface area contributed by atoms with Gasteiger partial charge < -0.3 is 0 Å². The van der Waals surface area contributed by atoms with Gasteiger partial charge in [0, 0.05) is 17.5 Å². The van der Waals surface area contributed by atoms with Gasteiger partial charge in [-0.3, -0.25) is 0 Å². The third kappa shape index (κ3) is 1.37. The van der Waals surface area contributed by atoms with E-state index in [-0.39, 0.29) is 0 Å². The van der Waals surface area contributed by atoms with Crippen LogP contribution in [0.25, 0.3) is 0 Å². The lowest BCUT2D eigenvalue weighted by Gasteiger charge is -1.87. The summed E-state index contributed by atoms with van der Waals surface area (Å²) in [7, 11) is 0. The minimum Gasteiger partial charge on any atom is -0.247 e. The fraction of sp³-hybridized carbons (Fsp3) is 0.625. The van der Waals surface area contributed by atoms with E-state index in [0.717, 1.165) is 5.92 Å². The van der Waals surface area contributed by atoms with Crippen LogP contribution in [0, 0.1) is 12.8 Å². The van der Waals surface area contributed by atoms with Gasteiger partial charge in [0.2, 0.25) is 0 Å². The molecule has 1 aliphatic carbocycles. The molecule has 0 N–H and O–H groups in total. The fourth-order valence-corrected chi connectivity index (χ4v) is 1.95. The van der Waals surface area contributed by atoms with Gasteiger partial charge in [-0.2, -0.15) is 0 Å². The molecule has 0 bridgehead atoms. The second kappa shape index (κ2) is 2.35. The van der Waals surface area contributed by atoms with Gasteiger partial charge in [-0.1, -0.05) is 0 Å². The first-order valence-electron chi connectivity index (χ1n) is 3.75. The van der Waals surface area contributed by atoms with Gasteiger partial charge in [0.15, 0.2) is 0 Å². The van der Waals surface area contributed by atoms with Gasteiger partial charge in [-0.25, -0.2) is 4.98 Å². The minimum absolute atomic E-state index is 0.977. The lowest BCUT2D eigenvalue weighted by molar-refractivity contribution is 0.821. The molecule has 1 fully saturated rings. The summed E-state index contributed by atoms with van der Waals surface area (Å²) in [5, 5.41) is 3.47. The Labute approximate surface area is 65.1 Å².